The molecule has 0 spiro atoms. The number of anilines is 1. The number of fused-ring (bicyclic) bond motifs is 2. The van der Waals surface area contributed by atoms with Gasteiger partial charge < -0.3 is 10.1 Å². The first-order valence-electron chi connectivity index (χ1n) is 13.5. The van der Waals surface area contributed by atoms with Crippen molar-refractivity contribution in [2.45, 2.75) is 39.6 Å². The average molecular weight is 603 g/mol. The smallest absolute Gasteiger partial charge is 0.265 e. The fourth-order valence-corrected chi connectivity index (χ4v) is 6.58. The molecule has 42 heavy (non-hydrogen) atoms. The average Bonchev–Trinajstić information content (AvgIpc) is 3.56. The quantitative estimate of drug-likeness (QED) is 0.194. The molecule has 8 nitrogen and oxygen atoms in total. The highest BCUT2D eigenvalue weighted by Gasteiger charge is 2.27. The first-order chi connectivity index (χ1) is 20.3. The maximum absolute atomic E-state index is 14.0. The van der Waals surface area contributed by atoms with Crippen LogP contribution in [-0.4, -0.2) is 37.6 Å². The van der Waals surface area contributed by atoms with Crippen LogP contribution in [-0.2, 0) is 0 Å². The van der Waals surface area contributed by atoms with Gasteiger partial charge in [0.15, 0.2) is 5.65 Å². The van der Waals surface area contributed by atoms with Crippen LogP contribution in [0.5, 0.6) is 5.75 Å². The summed E-state index contributed by atoms with van der Waals surface area (Å²) in [6, 6.07) is 16.8. The molecule has 11 heteroatoms. The zero-order chi connectivity index (χ0) is 29.5. The largest absolute Gasteiger partial charge is 0.460 e. The molecular formula is C31H28ClFN6O2S. The number of ether oxygens (including phenoxy) is 1. The number of halogens is 2. The van der Waals surface area contributed by atoms with Gasteiger partial charge in [0.1, 0.15) is 33.6 Å². The Morgan fingerprint density at radius 2 is 1.90 bits per heavy atom. The lowest BCUT2D eigenvalue weighted by Crippen LogP contribution is -2.21. The van der Waals surface area contributed by atoms with Crippen molar-refractivity contribution in [3.8, 4) is 28.1 Å². The third-order valence-corrected chi connectivity index (χ3v) is 8.55. The van der Waals surface area contributed by atoms with Crippen molar-refractivity contribution >= 4 is 44.6 Å². The number of alkyl halides is 1. The Kier molecular flexibility index (Phi) is 7.42. The monoisotopic (exact) mass is 602 g/mol. The first kappa shape index (κ1) is 27.9. The number of nitrogens with one attached hydrogen (secondary N) is 1. The third-order valence-electron chi connectivity index (χ3n) is 7.26. The zero-order valence-corrected chi connectivity index (χ0v) is 25.0. The van der Waals surface area contributed by atoms with E-state index >= 15 is 0 Å². The number of pyridine rings is 1. The van der Waals surface area contributed by atoms with Crippen molar-refractivity contribution in [1.29, 1.82) is 0 Å². The predicted molar refractivity (Wildman–Crippen MR) is 167 cm³/mol. The zero-order valence-electron chi connectivity index (χ0n) is 23.4. The van der Waals surface area contributed by atoms with E-state index in [1.54, 1.807) is 22.9 Å². The minimum atomic E-state index is -1.43. The van der Waals surface area contributed by atoms with Gasteiger partial charge in [-0.15, -0.1) is 11.3 Å². The summed E-state index contributed by atoms with van der Waals surface area (Å²) >= 11 is 7.87. The second-order valence-corrected chi connectivity index (χ2v) is 11.2. The summed E-state index contributed by atoms with van der Waals surface area (Å²) in [5, 5.41) is 11.2. The molecule has 0 aliphatic heterocycles. The van der Waals surface area contributed by atoms with Crippen molar-refractivity contribution in [2.24, 2.45) is 0 Å². The van der Waals surface area contributed by atoms with E-state index in [1.165, 1.54) is 24.6 Å². The van der Waals surface area contributed by atoms with E-state index < -0.39 is 6.36 Å². The molecule has 1 unspecified atom stereocenters. The SMILES string of the molecule is CC[C@@H](c1cc2scc(Cl)n2c(=O)c1-c1ccccc1)n1nc(-c2ccc(OC(C)F)c(C)c2)c2c(NC)ncnc21. The Morgan fingerprint density at radius 3 is 2.60 bits per heavy atom. The molecule has 0 fully saturated rings. The molecule has 6 rings (SSSR count). The van der Waals surface area contributed by atoms with Crippen LogP contribution in [0, 0.1) is 6.92 Å². The number of aromatic nitrogens is 5. The van der Waals surface area contributed by atoms with Crippen molar-refractivity contribution in [3.05, 3.63) is 92.9 Å². The lowest BCUT2D eigenvalue weighted by Gasteiger charge is -2.20. The molecule has 6 aromatic rings. The van der Waals surface area contributed by atoms with E-state index in [0.29, 0.717) is 40.0 Å². The minimum Gasteiger partial charge on any atom is -0.460 e. The fourth-order valence-electron chi connectivity index (χ4n) is 5.42. The van der Waals surface area contributed by atoms with Crippen LogP contribution >= 0.6 is 22.9 Å². The van der Waals surface area contributed by atoms with Gasteiger partial charge in [0.2, 0.25) is 6.36 Å². The third kappa shape index (κ3) is 4.70. The summed E-state index contributed by atoms with van der Waals surface area (Å²) in [4.78, 5) is 23.9. The number of hydrogen-bond donors (Lipinski definition) is 1. The highest BCUT2D eigenvalue weighted by molar-refractivity contribution is 7.16. The molecule has 0 bridgehead atoms. The Morgan fingerprint density at radius 1 is 1.12 bits per heavy atom. The van der Waals surface area contributed by atoms with Crippen molar-refractivity contribution in [2.75, 3.05) is 12.4 Å². The second kappa shape index (κ2) is 11.2. The Bertz CT molecular complexity index is 1990. The molecular weight excluding hydrogens is 575 g/mol. The van der Waals surface area contributed by atoms with Crippen LogP contribution in [0.1, 0.15) is 37.4 Å². The van der Waals surface area contributed by atoms with Gasteiger partial charge in [-0.25, -0.2) is 19.0 Å². The molecule has 1 N–H and O–H groups in total. The molecule has 4 aromatic heterocycles. The van der Waals surface area contributed by atoms with E-state index in [1.807, 2.05) is 60.1 Å². The molecule has 0 radical (unpaired) electrons. The van der Waals surface area contributed by atoms with Gasteiger partial charge in [-0.05, 0) is 54.3 Å². The number of hydrogen-bond acceptors (Lipinski definition) is 7. The lowest BCUT2D eigenvalue weighted by molar-refractivity contribution is 0.0853. The van der Waals surface area contributed by atoms with Crippen molar-refractivity contribution in [1.82, 2.24) is 24.1 Å². The van der Waals surface area contributed by atoms with E-state index in [2.05, 4.69) is 22.2 Å². The van der Waals surface area contributed by atoms with Gasteiger partial charge >= 0.3 is 0 Å². The first-order valence-corrected chi connectivity index (χ1v) is 14.8. The van der Waals surface area contributed by atoms with E-state index in [-0.39, 0.29) is 11.6 Å². The Labute approximate surface area is 250 Å². The van der Waals surface area contributed by atoms with E-state index in [0.717, 1.165) is 32.5 Å². The van der Waals surface area contributed by atoms with E-state index in [4.69, 9.17) is 21.4 Å². The number of thiazole rings is 1. The van der Waals surface area contributed by atoms with Crippen molar-refractivity contribution < 1.29 is 9.13 Å². The molecule has 0 saturated heterocycles. The lowest BCUT2D eigenvalue weighted by atomic mass is 9.95. The van der Waals surface area contributed by atoms with Crippen LogP contribution < -0.4 is 15.6 Å². The number of rotatable bonds is 8. The van der Waals surface area contributed by atoms with Gasteiger partial charge in [0.05, 0.1) is 17.0 Å². The number of nitrogens with zero attached hydrogens (tertiary/aromatic N) is 5. The number of aryl methyl sites for hydroxylation is 1. The molecule has 214 valence electrons. The molecule has 0 aliphatic rings. The maximum Gasteiger partial charge on any atom is 0.265 e. The summed E-state index contributed by atoms with van der Waals surface area (Å²) in [5.41, 5.74) is 4.85. The minimum absolute atomic E-state index is 0.186. The summed E-state index contributed by atoms with van der Waals surface area (Å²) in [7, 11) is 1.80. The normalized spacial score (nSPS) is 13.0. The second-order valence-electron chi connectivity index (χ2n) is 9.91. The summed E-state index contributed by atoms with van der Waals surface area (Å²) in [5.74, 6) is 1.08. The van der Waals surface area contributed by atoms with Crippen LogP contribution in [0.2, 0.25) is 5.15 Å². The van der Waals surface area contributed by atoms with Crippen LogP contribution in [0.15, 0.2) is 71.1 Å². The highest BCUT2D eigenvalue weighted by atomic mass is 35.5. The molecule has 2 aromatic carbocycles. The fraction of sp³-hybridized carbons (Fsp3) is 0.226. The predicted octanol–water partition coefficient (Wildman–Crippen LogP) is 7.53. The van der Waals surface area contributed by atoms with Gasteiger partial charge in [-0.3, -0.25) is 9.20 Å². The van der Waals surface area contributed by atoms with Crippen LogP contribution in [0.3, 0.4) is 0 Å². The summed E-state index contributed by atoms with van der Waals surface area (Å²) in [6.07, 6.45) is 0.704. The van der Waals surface area contributed by atoms with Gasteiger partial charge in [-0.2, -0.15) is 5.10 Å². The van der Waals surface area contributed by atoms with Crippen LogP contribution in [0.4, 0.5) is 10.2 Å². The highest BCUT2D eigenvalue weighted by Crippen LogP contribution is 2.39. The van der Waals surface area contributed by atoms with Crippen molar-refractivity contribution in [3.63, 3.8) is 0 Å². The van der Waals surface area contributed by atoms with Gasteiger partial charge in [0, 0.05) is 24.9 Å². The standard InChI is InChI=1S/C31H28ClFN6O2S/c1-5-22(21-14-25-38(24(32)15-42-25)31(40)26(21)19-9-7-6-8-10-19)39-30-27(29(34-4)35-16-36-30)28(37-39)20-11-12-23(17(2)13-20)41-18(3)33/h6-16,18,22H,5H2,1-4H3,(H,34,35,36)/t18?,22-/m0/s1. The molecule has 0 aliphatic carbocycles. The Balaban J connectivity index is 1.62. The molecule has 2 atom stereocenters. The molecule has 4 heterocycles. The summed E-state index contributed by atoms with van der Waals surface area (Å²) < 4.78 is 22.3. The van der Waals surface area contributed by atoms with Gasteiger partial charge in [-0.1, -0.05) is 48.9 Å². The topological polar surface area (TPSA) is 86.3 Å². The number of benzene rings is 2. The Hall–Kier alpha value is -4.28. The van der Waals surface area contributed by atoms with Gasteiger partial charge in [0.25, 0.3) is 5.56 Å². The van der Waals surface area contributed by atoms with E-state index in [9.17, 15) is 9.18 Å². The summed E-state index contributed by atoms with van der Waals surface area (Å²) in [6.45, 7) is 5.27. The molecule has 0 amide bonds. The van der Waals surface area contributed by atoms with Crippen LogP contribution in [0.25, 0.3) is 38.2 Å². The maximum atomic E-state index is 14.0. The molecule has 0 saturated carbocycles.